The van der Waals surface area contributed by atoms with Crippen LogP contribution in [-0.2, 0) is 19.2 Å². The SMILES string of the molecule is CC(=O)C(=O)ON=C(N)c1ccc2c(c1)[nH]c(=O)n2C1CCN(CC(=O)N2CCC(C)(C)CC2)CC1. The van der Waals surface area contributed by atoms with Crippen molar-refractivity contribution in [2.75, 3.05) is 32.7 Å². The van der Waals surface area contributed by atoms with Gasteiger partial charge in [0.05, 0.1) is 17.6 Å². The Bertz CT molecular complexity index is 1240. The molecule has 3 N–H and O–H groups in total. The van der Waals surface area contributed by atoms with Crippen LogP contribution in [0.4, 0.5) is 0 Å². The van der Waals surface area contributed by atoms with Crippen LogP contribution in [0.3, 0.4) is 0 Å². The van der Waals surface area contributed by atoms with Crippen LogP contribution in [0.1, 0.15) is 58.1 Å². The Hall–Kier alpha value is -3.47. The summed E-state index contributed by atoms with van der Waals surface area (Å²) in [5, 5.41) is 3.50. The zero-order valence-corrected chi connectivity index (χ0v) is 21.1. The normalized spacial score (nSPS) is 19.4. The monoisotopic (exact) mass is 498 g/mol. The minimum absolute atomic E-state index is 0.0155. The molecule has 2 saturated heterocycles. The number of imidazole rings is 1. The first-order valence-electron chi connectivity index (χ1n) is 12.3. The molecule has 0 radical (unpaired) electrons. The van der Waals surface area contributed by atoms with E-state index >= 15 is 0 Å². The van der Waals surface area contributed by atoms with Gasteiger partial charge in [-0.2, -0.15) is 0 Å². The molecule has 0 spiro atoms. The van der Waals surface area contributed by atoms with Crippen LogP contribution in [0.2, 0.25) is 0 Å². The van der Waals surface area contributed by atoms with E-state index in [0.29, 0.717) is 23.0 Å². The number of carbonyl (C=O) groups is 3. The molecule has 194 valence electrons. The number of fused-ring (bicyclic) bond motifs is 1. The molecule has 1 aromatic heterocycles. The summed E-state index contributed by atoms with van der Waals surface area (Å²) in [6.45, 7) is 9.14. The maximum Gasteiger partial charge on any atom is 0.400 e. The highest BCUT2D eigenvalue weighted by atomic mass is 16.7. The van der Waals surface area contributed by atoms with Crippen molar-refractivity contribution in [2.45, 2.75) is 52.5 Å². The molecule has 0 atom stereocenters. The Morgan fingerprint density at radius 1 is 1.14 bits per heavy atom. The van der Waals surface area contributed by atoms with Gasteiger partial charge in [0.25, 0.3) is 0 Å². The van der Waals surface area contributed by atoms with Crippen LogP contribution in [0.25, 0.3) is 11.0 Å². The second kappa shape index (κ2) is 10.3. The molecule has 3 heterocycles. The molecule has 2 fully saturated rings. The molecule has 2 aromatic rings. The summed E-state index contributed by atoms with van der Waals surface area (Å²) < 4.78 is 1.76. The van der Waals surface area contributed by atoms with E-state index in [-0.39, 0.29) is 23.5 Å². The molecule has 2 aliphatic heterocycles. The van der Waals surface area contributed by atoms with Gasteiger partial charge in [-0.15, -0.1) is 0 Å². The Morgan fingerprint density at radius 3 is 2.44 bits per heavy atom. The number of benzene rings is 1. The summed E-state index contributed by atoms with van der Waals surface area (Å²) in [6.07, 6.45) is 3.60. The van der Waals surface area contributed by atoms with Crippen LogP contribution in [0, 0.1) is 5.41 Å². The maximum absolute atomic E-state index is 12.8. The third-order valence-corrected chi connectivity index (χ3v) is 7.28. The number of carbonyl (C=O) groups excluding carboxylic acids is 3. The number of H-pyrrole nitrogens is 1. The van der Waals surface area contributed by atoms with Crippen molar-refractivity contribution >= 4 is 34.5 Å². The first kappa shape index (κ1) is 25.6. The van der Waals surface area contributed by atoms with Crippen molar-refractivity contribution in [1.82, 2.24) is 19.4 Å². The number of aromatic amines is 1. The van der Waals surface area contributed by atoms with Gasteiger partial charge >= 0.3 is 11.7 Å². The van der Waals surface area contributed by atoms with Crippen molar-refractivity contribution < 1.29 is 19.2 Å². The third kappa shape index (κ3) is 5.67. The number of amidine groups is 1. The molecule has 2 aliphatic rings. The molecular weight excluding hydrogens is 464 g/mol. The molecule has 11 heteroatoms. The zero-order chi connectivity index (χ0) is 26.0. The van der Waals surface area contributed by atoms with Crippen LogP contribution in [-0.4, -0.2) is 75.6 Å². The molecule has 0 aliphatic carbocycles. The van der Waals surface area contributed by atoms with E-state index in [1.807, 2.05) is 4.90 Å². The fourth-order valence-electron chi connectivity index (χ4n) is 4.85. The molecule has 1 amide bonds. The van der Waals surface area contributed by atoms with E-state index in [9.17, 15) is 19.2 Å². The van der Waals surface area contributed by atoms with E-state index in [1.54, 1.807) is 22.8 Å². The molecule has 0 unspecified atom stereocenters. The van der Waals surface area contributed by atoms with E-state index in [4.69, 9.17) is 5.73 Å². The number of nitrogens with one attached hydrogen (secondary N) is 1. The molecular formula is C25H34N6O5. The Morgan fingerprint density at radius 2 is 1.81 bits per heavy atom. The number of hydrogen-bond donors (Lipinski definition) is 2. The lowest BCUT2D eigenvalue weighted by atomic mass is 9.82. The highest BCUT2D eigenvalue weighted by Gasteiger charge is 2.30. The fourth-order valence-corrected chi connectivity index (χ4v) is 4.85. The summed E-state index contributed by atoms with van der Waals surface area (Å²) in [7, 11) is 0. The van der Waals surface area contributed by atoms with Gasteiger partial charge in [-0.3, -0.25) is 19.1 Å². The summed E-state index contributed by atoms with van der Waals surface area (Å²) >= 11 is 0. The summed E-state index contributed by atoms with van der Waals surface area (Å²) in [5.74, 6) is -1.79. The van der Waals surface area contributed by atoms with Gasteiger partial charge in [-0.25, -0.2) is 9.59 Å². The van der Waals surface area contributed by atoms with E-state index < -0.39 is 11.8 Å². The van der Waals surface area contributed by atoms with Crippen molar-refractivity contribution in [3.05, 3.63) is 34.2 Å². The summed E-state index contributed by atoms with van der Waals surface area (Å²) in [6, 6.07) is 5.12. The Balaban J connectivity index is 1.38. The summed E-state index contributed by atoms with van der Waals surface area (Å²) in [4.78, 5) is 59.4. The largest absolute Gasteiger partial charge is 0.400 e. The number of likely N-dealkylation sites (tertiary alicyclic amines) is 2. The zero-order valence-electron chi connectivity index (χ0n) is 21.1. The van der Waals surface area contributed by atoms with Gasteiger partial charge in [0.2, 0.25) is 11.7 Å². The second-order valence-corrected chi connectivity index (χ2v) is 10.5. The number of hydrogen-bond acceptors (Lipinski definition) is 7. The first-order chi connectivity index (χ1) is 17.0. The molecule has 4 rings (SSSR count). The van der Waals surface area contributed by atoms with Crippen LogP contribution >= 0.6 is 0 Å². The molecule has 0 bridgehead atoms. The highest BCUT2D eigenvalue weighted by Crippen LogP contribution is 2.30. The number of amides is 1. The summed E-state index contributed by atoms with van der Waals surface area (Å²) in [5.41, 5.74) is 7.73. The Kier molecular flexibility index (Phi) is 7.30. The minimum Gasteiger partial charge on any atom is -0.380 e. The number of Topliss-reactive ketones (excluding diaryl/α,β-unsaturated/α-hetero) is 1. The lowest BCUT2D eigenvalue weighted by Gasteiger charge is -2.38. The van der Waals surface area contributed by atoms with Crippen molar-refractivity contribution in [2.24, 2.45) is 16.3 Å². The maximum atomic E-state index is 12.8. The fraction of sp³-hybridized carbons (Fsp3) is 0.560. The van der Waals surface area contributed by atoms with Crippen LogP contribution in [0.15, 0.2) is 28.1 Å². The van der Waals surface area contributed by atoms with Crippen molar-refractivity contribution in [1.29, 1.82) is 0 Å². The Labute approximate surface area is 209 Å². The number of piperidine rings is 2. The van der Waals surface area contributed by atoms with Gasteiger partial charge in [0, 0.05) is 44.7 Å². The van der Waals surface area contributed by atoms with Crippen LogP contribution in [0.5, 0.6) is 0 Å². The van der Waals surface area contributed by atoms with E-state index in [1.165, 1.54) is 0 Å². The van der Waals surface area contributed by atoms with Crippen molar-refractivity contribution in [3.8, 4) is 0 Å². The number of nitrogens with two attached hydrogens (primary N) is 1. The van der Waals surface area contributed by atoms with Gasteiger partial charge in [0.1, 0.15) is 0 Å². The standard InChI is InChI=1S/C25H34N6O5/c1-16(32)23(34)36-28-22(26)17-4-5-20-19(14-17)27-24(35)31(20)18-6-10-29(11-7-18)15-21(33)30-12-8-25(2,3)9-13-30/h4-5,14,18H,6-13,15H2,1-3H3,(H2,26,28)(H,27,35). The smallest absolute Gasteiger partial charge is 0.380 e. The van der Waals surface area contributed by atoms with E-state index in [2.05, 4.69) is 33.7 Å². The number of ketones is 1. The van der Waals surface area contributed by atoms with Gasteiger partial charge in [0.15, 0.2) is 5.84 Å². The van der Waals surface area contributed by atoms with Gasteiger partial charge < -0.3 is 20.5 Å². The van der Waals surface area contributed by atoms with E-state index in [0.717, 1.165) is 64.3 Å². The number of aromatic nitrogens is 2. The average molecular weight is 499 g/mol. The lowest BCUT2D eigenvalue weighted by molar-refractivity contribution is -0.152. The highest BCUT2D eigenvalue weighted by molar-refractivity contribution is 6.32. The molecule has 11 nitrogen and oxygen atoms in total. The number of nitrogens with zero attached hydrogens (tertiary/aromatic N) is 4. The van der Waals surface area contributed by atoms with Gasteiger partial charge in [-0.05, 0) is 49.3 Å². The average Bonchev–Trinajstić information content (AvgIpc) is 3.17. The quantitative estimate of drug-likeness (QED) is 0.201. The molecule has 0 saturated carbocycles. The van der Waals surface area contributed by atoms with Crippen LogP contribution < -0.4 is 11.4 Å². The predicted octanol–water partition coefficient (Wildman–Crippen LogP) is 1.37. The molecule has 1 aromatic carbocycles. The third-order valence-electron chi connectivity index (χ3n) is 7.28. The first-order valence-corrected chi connectivity index (χ1v) is 12.3. The molecule has 36 heavy (non-hydrogen) atoms. The van der Waals surface area contributed by atoms with Gasteiger partial charge in [-0.1, -0.05) is 19.0 Å². The second-order valence-electron chi connectivity index (χ2n) is 10.5. The predicted molar refractivity (Wildman–Crippen MR) is 134 cm³/mol. The lowest BCUT2D eigenvalue weighted by Crippen LogP contribution is -2.47. The topological polar surface area (TPSA) is 143 Å². The number of oxime groups is 1. The number of rotatable bonds is 6. The van der Waals surface area contributed by atoms with Crippen molar-refractivity contribution in [3.63, 3.8) is 0 Å². The minimum atomic E-state index is -1.11.